The molecule has 126 valence electrons. The minimum Gasteiger partial charge on any atom is -0.425 e. The molecule has 7 heteroatoms. The first-order valence-corrected chi connectivity index (χ1v) is 8.34. The van der Waals surface area contributed by atoms with Crippen molar-refractivity contribution in [3.05, 3.63) is 41.9 Å². The molecule has 7 nitrogen and oxygen atoms in total. The second-order valence-corrected chi connectivity index (χ2v) is 6.38. The molecule has 2 aromatic rings. The predicted octanol–water partition coefficient (Wildman–Crippen LogP) is 1.81. The molecule has 2 aliphatic heterocycles. The number of hydrogen-bond acceptors (Lipinski definition) is 6. The summed E-state index contributed by atoms with van der Waals surface area (Å²) in [6, 6.07) is 5.40. The highest BCUT2D eigenvalue weighted by molar-refractivity contribution is 5.92. The highest BCUT2D eigenvalue weighted by Crippen LogP contribution is 2.39. The number of hydrogen-bond donors (Lipinski definition) is 0. The lowest BCUT2D eigenvalue weighted by molar-refractivity contribution is -0.0752. The van der Waals surface area contributed by atoms with Gasteiger partial charge in [0, 0.05) is 44.7 Å². The number of amides is 1. The zero-order chi connectivity index (χ0) is 16.5. The number of rotatable bonds is 2. The molecular weight excluding hydrogens is 308 g/mol. The third-order valence-corrected chi connectivity index (χ3v) is 4.90. The Kier molecular flexibility index (Phi) is 4.02. The fourth-order valence-corrected chi connectivity index (χ4v) is 3.72. The van der Waals surface area contributed by atoms with Gasteiger partial charge >= 0.3 is 0 Å². The number of ether oxygens (including phenoxy) is 1. The molecule has 4 heterocycles. The van der Waals surface area contributed by atoms with E-state index in [1.54, 1.807) is 19.2 Å². The van der Waals surface area contributed by atoms with E-state index in [0.29, 0.717) is 37.2 Å². The monoisotopic (exact) mass is 328 g/mol. The fourth-order valence-electron chi connectivity index (χ4n) is 3.72. The van der Waals surface area contributed by atoms with Gasteiger partial charge < -0.3 is 14.1 Å². The zero-order valence-corrected chi connectivity index (χ0v) is 13.6. The quantitative estimate of drug-likeness (QED) is 0.836. The van der Waals surface area contributed by atoms with E-state index in [1.165, 1.54) is 0 Å². The average molecular weight is 328 g/mol. The van der Waals surface area contributed by atoms with E-state index >= 15 is 0 Å². The fraction of sp³-hybridized carbons (Fsp3) is 0.529. The highest BCUT2D eigenvalue weighted by Gasteiger charge is 2.42. The minimum absolute atomic E-state index is 0.0277. The second kappa shape index (κ2) is 6.32. The highest BCUT2D eigenvalue weighted by atomic mass is 16.5. The molecule has 0 aliphatic carbocycles. The number of fused-ring (bicyclic) bond motifs is 1. The summed E-state index contributed by atoms with van der Waals surface area (Å²) >= 11 is 0. The Balaban J connectivity index is 1.54. The Morgan fingerprint density at radius 1 is 1.29 bits per heavy atom. The summed E-state index contributed by atoms with van der Waals surface area (Å²) in [6.07, 6.45) is 3.46. The van der Waals surface area contributed by atoms with Crippen LogP contribution >= 0.6 is 0 Å². The van der Waals surface area contributed by atoms with E-state index in [-0.39, 0.29) is 23.8 Å². The van der Waals surface area contributed by atoms with Crippen LogP contribution in [0.4, 0.5) is 0 Å². The zero-order valence-electron chi connectivity index (χ0n) is 13.6. The van der Waals surface area contributed by atoms with E-state index in [2.05, 4.69) is 15.2 Å². The first kappa shape index (κ1) is 15.3. The van der Waals surface area contributed by atoms with E-state index in [9.17, 15) is 4.79 Å². The molecule has 2 fully saturated rings. The Labute approximate surface area is 140 Å². The number of piperidine rings is 1. The van der Waals surface area contributed by atoms with Crippen LogP contribution in [0.1, 0.15) is 41.0 Å². The van der Waals surface area contributed by atoms with E-state index in [4.69, 9.17) is 9.15 Å². The van der Waals surface area contributed by atoms with Crippen LogP contribution < -0.4 is 0 Å². The number of aromatic nitrogens is 3. The minimum atomic E-state index is -0.0277. The summed E-state index contributed by atoms with van der Waals surface area (Å²) in [7, 11) is 0. The third-order valence-electron chi connectivity index (χ3n) is 4.90. The van der Waals surface area contributed by atoms with Crippen LogP contribution in [0.2, 0.25) is 0 Å². The summed E-state index contributed by atoms with van der Waals surface area (Å²) in [4.78, 5) is 18.7. The Hall–Kier alpha value is -2.28. The van der Waals surface area contributed by atoms with Gasteiger partial charge in [-0.15, -0.1) is 10.2 Å². The van der Waals surface area contributed by atoms with Crippen LogP contribution in [0.5, 0.6) is 0 Å². The Morgan fingerprint density at radius 2 is 2.21 bits per heavy atom. The van der Waals surface area contributed by atoms with Crippen molar-refractivity contribution in [3.8, 4) is 0 Å². The summed E-state index contributed by atoms with van der Waals surface area (Å²) < 4.78 is 11.6. The molecule has 0 N–H and O–H groups in total. The number of carbonyl (C=O) groups excluding carboxylic acids is 1. The van der Waals surface area contributed by atoms with Gasteiger partial charge in [-0.25, -0.2) is 0 Å². The van der Waals surface area contributed by atoms with Crippen molar-refractivity contribution in [1.82, 2.24) is 20.1 Å². The summed E-state index contributed by atoms with van der Waals surface area (Å²) in [5, 5.41) is 8.15. The number of carbonyl (C=O) groups is 1. The SMILES string of the molecule is Cc1nnc([C@@H]2CCO[C@@H]3CCN(C(=O)c4ccccn4)C[C@@H]32)o1. The van der Waals surface area contributed by atoms with Gasteiger partial charge in [0.1, 0.15) is 5.69 Å². The van der Waals surface area contributed by atoms with Gasteiger partial charge in [-0.2, -0.15) is 0 Å². The van der Waals surface area contributed by atoms with Crippen molar-refractivity contribution in [3.63, 3.8) is 0 Å². The first-order valence-electron chi connectivity index (χ1n) is 8.34. The molecule has 2 aromatic heterocycles. The maximum absolute atomic E-state index is 12.7. The molecule has 0 spiro atoms. The largest absolute Gasteiger partial charge is 0.425 e. The van der Waals surface area contributed by atoms with E-state index in [1.807, 2.05) is 17.0 Å². The van der Waals surface area contributed by atoms with Gasteiger partial charge in [-0.1, -0.05) is 6.07 Å². The second-order valence-electron chi connectivity index (χ2n) is 6.38. The summed E-state index contributed by atoms with van der Waals surface area (Å²) in [5.41, 5.74) is 0.484. The van der Waals surface area contributed by atoms with Gasteiger partial charge in [0.25, 0.3) is 5.91 Å². The lowest BCUT2D eigenvalue weighted by Gasteiger charge is -2.43. The van der Waals surface area contributed by atoms with Crippen LogP contribution in [-0.2, 0) is 4.74 Å². The molecule has 2 aliphatic rings. The molecule has 0 saturated carbocycles. The van der Waals surface area contributed by atoms with Gasteiger partial charge in [-0.3, -0.25) is 9.78 Å². The third kappa shape index (κ3) is 2.80. The molecular formula is C17H20N4O3. The standard InChI is InChI=1S/C17H20N4O3/c1-11-19-20-16(24-11)12-6-9-23-15-5-8-21(10-13(12)15)17(22)14-4-2-3-7-18-14/h2-4,7,12-13,15H,5-6,8-10H2,1H3/t12-,13-,15-/m1/s1. The lowest BCUT2D eigenvalue weighted by Crippen LogP contribution is -2.51. The molecule has 2 saturated heterocycles. The van der Waals surface area contributed by atoms with E-state index in [0.717, 1.165) is 12.8 Å². The van der Waals surface area contributed by atoms with Gasteiger partial charge in [0.15, 0.2) is 0 Å². The number of aryl methyl sites for hydroxylation is 1. The topological polar surface area (TPSA) is 81.4 Å². The first-order chi connectivity index (χ1) is 11.7. The van der Waals surface area contributed by atoms with Crippen LogP contribution in [0.3, 0.4) is 0 Å². The maximum atomic E-state index is 12.7. The van der Waals surface area contributed by atoms with Crippen molar-refractivity contribution < 1.29 is 13.9 Å². The molecule has 4 rings (SSSR count). The molecule has 0 unspecified atom stereocenters. The maximum Gasteiger partial charge on any atom is 0.272 e. The van der Waals surface area contributed by atoms with E-state index < -0.39 is 0 Å². The smallest absolute Gasteiger partial charge is 0.272 e. The average Bonchev–Trinajstić information content (AvgIpc) is 3.07. The van der Waals surface area contributed by atoms with Crippen LogP contribution in [0.15, 0.2) is 28.8 Å². The molecule has 1 amide bonds. The summed E-state index contributed by atoms with van der Waals surface area (Å²) in [5.74, 6) is 1.53. The number of nitrogens with zero attached hydrogens (tertiary/aromatic N) is 4. The van der Waals surface area contributed by atoms with Crippen molar-refractivity contribution in [2.24, 2.45) is 5.92 Å². The van der Waals surface area contributed by atoms with Crippen molar-refractivity contribution in [1.29, 1.82) is 0 Å². The normalized spacial score (nSPS) is 26.9. The van der Waals surface area contributed by atoms with Crippen LogP contribution in [-0.4, -0.2) is 51.8 Å². The van der Waals surface area contributed by atoms with Crippen molar-refractivity contribution >= 4 is 5.91 Å². The Bertz CT molecular complexity index is 718. The van der Waals surface area contributed by atoms with Crippen molar-refractivity contribution in [2.75, 3.05) is 19.7 Å². The molecule has 24 heavy (non-hydrogen) atoms. The van der Waals surface area contributed by atoms with Gasteiger partial charge in [0.2, 0.25) is 11.8 Å². The molecule has 0 bridgehead atoms. The molecule has 0 aromatic carbocycles. The predicted molar refractivity (Wildman–Crippen MR) is 84.4 cm³/mol. The lowest BCUT2D eigenvalue weighted by atomic mass is 9.79. The molecule has 3 atom stereocenters. The van der Waals surface area contributed by atoms with Gasteiger partial charge in [0.05, 0.1) is 6.10 Å². The number of pyridine rings is 1. The Morgan fingerprint density at radius 3 is 2.96 bits per heavy atom. The summed E-state index contributed by atoms with van der Waals surface area (Å²) in [6.45, 7) is 3.81. The van der Waals surface area contributed by atoms with Crippen molar-refractivity contribution in [2.45, 2.75) is 31.8 Å². The molecule has 0 radical (unpaired) electrons. The van der Waals surface area contributed by atoms with Crippen LogP contribution in [0.25, 0.3) is 0 Å². The number of likely N-dealkylation sites (tertiary alicyclic amines) is 1. The van der Waals surface area contributed by atoms with Gasteiger partial charge in [-0.05, 0) is 25.0 Å². The van der Waals surface area contributed by atoms with Crippen LogP contribution in [0, 0.1) is 12.8 Å².